The fourth-order valence-corrected chi connectivity index (χ4v) is 4.49. The summed E-state index contributed by atoms with van der Waals surface area (Å²) in [5, 5.41) is 8.12. The number of imidazole rings is 1. The number of nitrogens with zero attached hydrogens (tertiary/aromatic N) is 4. The molecule has 3 aromatic rings. The van der Waals surface area contributed by atoms with Gasteiger partial charge in [0, 0.05) is 6.54 Å². The highest BCUT2D eigenvalue weighted by Crippen LogP contribution is 2.33. The summed E-state index contributed by atoms with van der Waals surface area (Å²) in [4.78, 5) is 22.5. The highest BCUT2D eigenvalue weighted by atomic mass is 32.2. The minimum atomic E-state index is 0.0185. The fraction of sp³-hybridized carbons (Fsp3) is 0.333. The normalized spacial score (nSPS) is 17.7. The van der Waals surface area contributed by atoms with Crippen molar-refractivity contribution in [2.45, 2.75) is 23.2 Å². The number of nitrogen functional groups attached to an aromatic ring is 1. The average molecular weight is 360 g/mol. The predicted octanol–water partition coefficient (Wildman–Crippen LogP) is 2.45. The number of amides is 1. The van der Waals surface area contributed by atoms with Crippen molar-refractivity contribution in [2.75, 3.05) is 18.0 Å². The van der Waals surface area contributed by atoms with Crippen molar-refractivity contribution < 1.29 is 4.79 Å². The summed E-state index contributed by atoms with van der Waals surface area (Å²) in [6.45, 7) is 0.763. The molecular weight excluding hydrogens is 344 g/mol. The number of likely N-dealkylation sites (tertiary alicyclic amines) is 1. The molecule has 3 N–H and O–H groups in total. The van der Waals surface area contributed by atoms with E-state index in [-0.39, 0.29) is 11.9 Å². The summed E-state index contributed by atoms with van der Waals surface area (Å²) in [5.74, 6) is 1.30. The molecule has 124 valence electrons. The quantitative estimate of drug-likeness (QED) is 0.693. The maximum atomic E-state index is 12.6. The number of aromatic amines is 1. The van der Waals surface area contributed by atoms with Gasteiger partial charge in [0.25, 0.3) is 0 Å². The summed E-state index contributed by atoms with van der Waals surface area (Å²) in [5.41, 5.74) is 7.51. The molecule has 24 heavy (non-hydrogen) atoms. The zero-order valence-corrected chi connectivity index (χ0v) is 14.4. The van der Waals surface area contributed by atoms with Gasteiger partial charge in [-0.3, -0.25) is 4.79 Å². The van der Waals surface area contributed by atoms with Crippen LogP contribution in [-0.2, 0) is 4.79 Å². The van der Waals surface area contributed by atoms with Crippen LogP contribution < -0.4 is 5.73 Å². The second-order valence-electron chi connectivity index (χ2n) is 5.58. The van der Waals surface area contributed by atoms with Crippen LogP contribution in [0.5, 0.6) is 0 Å². The van der Waals surface area contributed by atoms with E-state index in [0.717, 1.165) is 40.6 Å². The molecule has 0 bridgehead atoms. The Morgan fingerprint density at radius 2 is 2.29 bits per heavy atom. The van der Waals surface area contributed by atoms with Crippen LogP contribution in [0.15, 0.2) is 28.6 Å². The number of nitrogens with two attached hydrogens (primary N) is 1. The van der Waals surface area contributed by atoms with Crippen molar-refractivity contribution in [2.24, 2.45) is 0 Å². The van der Waals surface area contributed by atoms with E-state index >= 15 is 0 Å². The van der Waals surface area contributed by atoms with Crippen LogP contribution in [0.2, 0.25) is 0 Å². The van der Waals surface area contributed by atoms with Crippen LogP contribution in [-0.4, -0.2) is 43.3 Å². The first kappa shape index (κ1) is 15.4. The number of fused-ring (bicyclic) bond motifs is 1. The first-order valence-electron chi connectivity index (χ1n) is 7.66. The Morgan fingerprint density at radius 3 is 3.08 bits per heavy atom. The van der Waals surface area contributed by atoms with Crippen LogP contribution in [0.25, 0.3) is 11.0 Å². The lowest BCUT2D eigenvalue weighted by Crippen LogP contribution is -2.32. The molecule has 0 saturated carbocycles. The molecule has 1 amide bonds. The highest BCUT2D eigenvalue weighted by Gasteiger charge is 2.32. The predicted molar refractivity (Wildman–Crippen MR) is 94.8 cm³/mol. The summed E-state index contributed by atoms with van der Waals surface area (Å²) in [6, 6.07) is 7.95. The Labute approximate surface area is 146 Å². The van der Waals surface area contributed by atoms with Crippen molar-refractivity contribution in [3.05, 3.63) is 30.1 Å². The van der Waals surface area contributed by atoms with E-state index in [0.29, 0.717) is 10.9 Å². The van der Waals surface area contributed by atoms with E-state index in [1.54, 1.807) is 0 Å². The van der Waals surface area contributed by atoms with Gasteiger partial charge in [0.05, 0.1) is 22.8 Å². The van der Waals surface area contributed by atoms with E-state index in [4.69, 9.17) is 5.73 Å². The molecule has 1 saturated heterocycles. The fourth-order valence-electron chi connectivity index (χ4n) is 2.96. The van der Waals surface area contributed by atoms with Crippen LogP contribution in [0.3, 0.4) is 0 Å². The number of thioether (sulfide) groups is 1. The Balaban J connectivity index is 1.48. The van der Waals surface area contributed by atoms with Gasteiger partial charge in [-0.2, -0.15) is 0 Å². The largest absolute Gasteiger partial charge is 0.374 e. The van der Waals surface area contributed by atoms with Crippen molar-refractivity contribution in [3.63, 3.8) is 0 Å². The third-order valence-electron chi connectivity index (χ3n) is 4.04. The molecule has 9 heteroatoms. The number of nitrogens with one attached hydrogen (secondary N) is 1. The minimum Gasteiger partial charge on any atom is -0.374 e. The van der Waals surface area contributed by atoms with Crippen LogP contribution >= 0.6 is 23.1 Å². The van der Waals surface area contributed by atoms with Gasteiger partial charge in [0.2, 0.25) is 11.0 Å². The minimum absolute atomic E-state index is 0.0185. The Morgan fingerprint density at radius 1 is 1.42 bits per heavy atom. The number of H-pyrrole nitrogens is 1. The summed E-state index contributed by atoms with van der Waals surface area (Å²) < 4.78 is 0.723. The number of hydrogen-bond donors (Lipinski definition) is 2. The number of aromatic nitrogens is 4. The molecule has 0 radical (unpaired) electrons. The zero-order valence-electron chi connectivity index (χ0n) is 12.8. The summed E-state index contributed by atoms with van der Waals surface area (Å²) in [7, 11) is 0. The van der Waals surface area contributed by atoms with Crippen LogP contribution in [0, 0.1) is 0 Å². The van der Waals surface area contributed by atoms with Crippen molar-refractivity contribution in [1.29, 1.82) is 0 Å². The van der Waals surface area contributed by atoms with Gasteiger partial charge in [0.1, 0.15) is 5.82 Å². The average Bonchev–Trinajstić information content (AvgIpc) is 3.30. The topological polar surface area (TPSA) is 101 Å². The number of anilines is 1. The molecule has 1 aliphatic rings. The highest BCUT2D eigenvalue weighted by molar-refractivity contribution is 8.01. The Hall–Kier alpha value is -2.13. The second-order valence-corrected chi connectivity index (χ2v) is 7.81. The van der Waals surface area contributed by atoms with Gasteiger partial charge in [-0.1, -0.05) is 35.2 Å². The van der Waals surface area contributed by atoms with E-state index in [1.165, 1.54) is 23.1 Å². The summed E-state index contributed by atoms with van der Waals surface area (Å²) in [6.07, 6.45) is 1.92. The molecule has 1 aliphatic heterocycles. The lowest BCUT2D eigenvalue weighted by atomic mass is 10.2. The van der Waals surface area contributed by atoms with E-state index in [9.17, 15) is 4.79 Å². The number of carbonyl (C=O) groups excluding carboxylic acids is 1. The monoisotopic (exact) mass is 360 g/mol. The number of hydrogen-bond acceptors (Lipinski definition) is 7. The maximum Gasteiger partial charge on any atom is 0.233 e. The number of rotatable bonds is 4. The lowest BCUT2D eigenvalue weighted by molar-refractivity contribution is -0.129. The Bertz CT molecular complexity index is 843. The van der Waals surface area contributed by atoms with Gasteiger partial charge >= 0.3 is 0 Å². The Kier molecular flexibility index (Phi) is 4.11. The molecule has 1 fully saturated rings. The first-order chi connectivity index (χ1) is 11.7. The molecule has 4 rings (SSSR count). The first-order valence-corrected chi connectivity index (χ1v) is 9.47. The summed E-state index contributed by atoms with van der Waals surface area (Å²) >= 11 is 2.68. The van der Waals surface area contributed by atoms with E-state index < -0.39 is 0 Å². The van der Waals surface area contributed by atoms with Gasteiger partial charge in [-0.15, -0.1) is 10.2 Å². The number of benzene rings is 1. The third-order valence-corrected chi connectivity index (χ3v) is 5.91. The van der Waals surface area contributed by atoms with E-state index in [1.807, 2.05) is 29.2 Å². The number of carbonyl (C=O) groups is 1. The smallest absolute Gasteiger partial charge is 0.233 e. The molecule has 0 aliphatic carbocycles. The molecule has 1 unspecified atom stereocenters. The molecule has 1 aromatic carbocycles. The van der Waals surface area contributed by atoms with E-state index in [2.05, 4.69) is 20.2 Å². The van der Waals surface area contributed by atoms with Gasteiger partial charge < -0.3 is 15.6 Å². The molecule has 2 aromatic heterocycles. The maximum absolute atomic E-state index is 12.6. The number of para-hydroxylation sites is 2. The molecule has 1 atom stereocenters. The van der Waals surface area contributed by atoms with Crippen molar-refractivity contribution >= 4 is 45.2 Å². The molecule has 7 nitrogen and oxygen atoms in total. The van der Waals surface area contributed by atoms with Gasteiger partial charge in [-0.05, 0) is 25.0 Å². The SMILES string of the molecule is Nc1nnc(SCC(=O)N2CCCC2c2nc3ccccc3[nH]2)s1. The lowest BCUT2D eigenvalue weighted by Gasteiger charge is -2.22. The van der Waals surface area contributed by atoms with Crippen molar-refractivity contribution in [1.82, 2.24) is 25.1 Å². The molecule has 0 spiro atoms. The second kappa shape index (κ2) is 6.40. The standard InChI is InChI=1S/C15H16N6OS2/c16-14-19-20-15(24-14)23-8-12(22)21-7-3-6-11(21)13-17-9-4-1-2-5-10(9)18-13/h1-2,4-5,11H,3,6-8H2,(H2,16,19)(H,17,18). The van der Waals surface area contributed by atoms with Crippen LogP contribution in [0.1, 0.15) is 24.7 Å². The molecular formula is C15H16N6OS2. The van der Waals surface area contributed by atoms with Gasteiger partial charge in [0.15, 0.2) is 4.34 Å². The van der Waals surface area contributed by atoms with Crippen molar-refractivity contribution in [3.8, 4) is 0 Å². The molecule has 3 heterocycles. The van der Waals surface area contributed by atoms with Gasteiger partial charge in [-0.25, -0.2) is 4.98 Å². The zero-order chi connectivity index (χ0) is 16.5. The van der Waals surface area contributed by atoms with Crippen LogP contribution in [0.4, 0.5) is 5.13 Å². The third kappa shape index (κ3) is 2.96.